The number of benzene rings is 1. The molecule has 9 heteroatoms. The van der Waals surface area contributed by atoms with Crippen LogP contribution in [0, 0.1) is 20.2 Å². The number of carbonyl (C=O) groups excluding carboxylic acids is 1. The number of hydrogen-bond acceptors (Lipinski definition) is 6. The highest BCUT2D eigenvalue weighted by molar-refractivity contribution is 5.86. The van der Waals surface area contributed by atoms with Crippen molar-refractivity contribution >= 4 is 23.0 Å². The Morgan fingerprint density at radius 3 is 2.45 bits per heavy atom. The number of nitro benzene ring substituents is 2. The lowest BCUT2D eigenvalue weighted by Crippen LogP contribution is -2.26. The van der Waals surface area contributed by atoms with Gasteiger partial charge in [0.25, 0.3) is 11.4 Å². The van der Waals surface area contributed by atoms with Gasteiger partial charge in [-0.15, -0.1) is 0 Å². The molecule has 9 nitrogen and oxygen atoms in total. The summed E-state index contributed by atoms with van der Waals surface area (Å²) in [7, 11) is 0. The SMILES string of the molecule is CCN1CN(c2ccc([N+](=O)[O-])cc2[N+](=O)[O-])CC1=O. The van der Waals surface area contributed by atoms with Gasteiger partial charge in [-0.1, -0.05) is 0 Å². The van der Waals surface area contributed by atoms with Crippen LogP contribution in [-0.2, 0) is 4.79 Å². The number of likely N-dealkylation sites (N-methyl/N-ethyl adjacent to an activating group) is 1. The van der Waals surface area contributed by atoms with Crippen molar-refractivity contribution in [2.24, 2.45) is 0 Å². The van der Waals surface area contributed by atoms with Gasteiger partial charge in [-0.2, -0.15) is 0 Å². The Balaban J connectivity index is 2.39. The lowest BCUT2D eigenvalue weighted by molar-refractivity contribution is -0.393. The van der Waals surface area contributed by atoms with E-state index in [-0.39, 0.29) is 36.2 Å². The van der Waals surface area contributed by atoms with Gasteiger partial charge >= 0.3 is 0 Å². The van der Waals surface area contributed by atoms with Crippen LogP contribution in [0.3, 0.4) is 0 Å². The van der Waals surface area contributed by atoms with Crippen LogP contribution in [-0.4, -0.2) is 40.4 Å². The van der Waals surface area contributed by atoms with Crippen molar-refractivity contribution in [2.45, 2.75) is 6.92 Å². The third-order valence-corrected chi connectivity index (χ3v) is 3.11. The van der Waals surface area contributed by atoms with Crippen molar-refractivity contribution in [3.8, 4) is 0 Å². The molecule has 1 aromatic rings. The lowest BCUT2D eigenvalue weighted by atomic mass is 10.2. The third-order valence-electron chi connectivity index (χ3n) is 3.11. The molecule has 1 aliphatic heterocycles. The van der Waals surface area contributed by atoms with Crippen molar-refractivity contribution in [2.75, 3.05) is 24.7 Å². The molecule has 1 aliphatic rings. The monoisotopic (exact) mass is 280 g/mol. The molecule has 0 spiro atoms. The molecule has 1 amide bonds. The molecule has 0 radical (unpaired) electrons. The number of nitro groups is 2. The predicted octanol–water partition coefficient (Wildman–Crippen LogP) is 1.13. The van der Waals surface area contributed by atoms with Crippen LogP contribution in [0.5, 0.6) is 0 Å². The van der Waals surface area contributed by atoms with Gasteiger partial charge in [0.2, 0.25) is 5.91 Å². The Morgan fingerprint density at radius 2 is 1.95 bits per heavy atom. The van der Waals surface area contributed by atoms with Gasteiger partial charge in [0.15, 0.2) is 0 Å². The van der Waals surface area contributed by atoms with Gasteiger partial charge in [-0.05, 0) is 13.0 Å². The minimum Gasteiger partial charge on any atom is -0.339 e. The van der Waals surface area contributed by atoms with Gasteiger partial charge in [0.1, 0.15) is 5.69 Å². The second-order valence-electron chi connectivity index (χ2n) is 4.28. The summed E-state index contributed by atoms with van der Waals surface area (Å²) >= 11 is 0. The van der Waals surface area contributed by atoms with Gasteiger partial charge in [-0.25, -0.2) is 0 Å². The third kappa shape index (κ3) is 2.37. The molecule has 0 saturated carbocycles. The molecular formula is C11H12N4O5. The smallest absolute Gasteiger partial charge is 0.299 e. The first-order valence-corrected chi connectivity index (χ1v) is 5.89. The zero-order valence-corrected chi connectivity index (χ0v) is 10.7. The van der Waals surface area contributed by atoms with E-state index in [1.165, 1.54) is 17.0 Å². The topological polar surface area (TPSA) is 110 Å². The van der Waals surface area contributed by atoms with E-state index in [1.54, 1.807) is 4.90 Å². The zero-order chi connectivity index (χ0) is 14.9. The van der Waals surface area contributed by atoms with Crippen LogP contribution in [0.1, 0.15) is 6.92 Å². The van der Waals surface area contributed by atoms with Crippen molar-refractivity contribution in [1.29, 1.82) is 0 Å². The first-order chi connectivity index (χ1) is 9.43. The number of hydrogen-bond donors (Lipinski definition) is 0. The molecule has 20 heavy (non-hydrogen) atoms. The summed E-state index contributed by atoms with van der Waals surface area (Å²) in [5.41, 5.74) is -0.506. The molecule has 1 saturated heterocycles. The summed E-state index contributed by atoms with van der Waals surface area (Å²) in [6.45, 7) is 2.60. The van der Waals surface area contributed by atoms with Crippen molar-refractivity contribution in [1.82, 2.24) is 4.90 Å². The van der Waals surface area contributed by atoms with E-state index in [0.717, 1.165) is 6.07 Å². The standard InChI is InChI=1S/C11H12N4O5/c1-2-12-7-13(6-11(12)16)9-4-3-8(14(17)18)5-10(9)15(19)20/h3-5H,2,6-7H2,1H3. The summed E-state index contributed by atoms with van der Waals surface area (Å²) in [5.74, 6) is -0.125. The maximum atomic E-state index is 11.7. The summed E-state index contributed by atoms with van der Waals surface area (Å²) in [4.78, 5) is 35.1. The summed E-state index contributed by atoms with van der Waals surface area (Å²) in [6.07, 6.45) is 0. The van der Waals surface area contributed by atoms with Crippen LogP contribution in [0.4, 0.5) is 17.1 Å². The van der Waals surface area contributed by atoms with Crippen molar-refractivity contribution in [3.05, 3.63) is 38.4 Å². The highest BCUT2D eigenvalue weighted by atomic mass is 16.6. The van der Waals surface area contributed by atoms with E-state index in [2.05, 4.69) is 0 Å². The van der Waals surface area contributed by atoms with Gasteiger partial charge in [-0.3, -0.25) is 25.0 Å². The van der Waals surface area contributed by atoms with Crippen LogP contribution < -0.4 is 4.90 Å². The number of carbonyl (C=O) groups is 1. The van der Waals surface area contributed by atoms with Crippen LogP contribution in [0.25, 0.3) is 0 Å². The molecular weight excluding hydrogens is 268 g/mol. The van der Waals surface area contributed by atoms with Crippen molar-refractivity contribution < 1.29 is 14.6 Å². The first-order valence-electron chi connectivity index (χ1n) is 5.89. The number of rotatable bonds is 4. The number of non-ortho nitro benzene ring substituents is 1. The van der Waals surface area contributed by atoms with Crippen LogP contribution in [0.2, 0.25) is 0 Å². The van der Waals surface area contributed by atoms with E-state index in [1.807, 2.05) is 6.92 Å². The van der Waals surface area contributed by atoms with E-state index < -0.39 is 9.85 Å². The molecule has 0 aromatic heterocycles. The largest absolute Gasteiger partial charge is 0.339 e. The number of anilines is 1. The molecule has 1 fully saturated rings. The number of amides is 1. The molecule has 1 heterocycles. The molecule has 0 unspecified atom stereocenters. The van der Waals surface area contributed by atoms with Gasteiger partial charge in [0.05, 0.1) is 29.1 Å². The molecule has 106 valence electrons. The Labute approximate surface area is 113 Å². The normalized spacial score (nSPS) is 14.8. The predicted molar refractivity (Wildman–Crippen MR) is 69.4 cm³/mol. The first kappa shape index (κ1) is 13.7. The van der Waals surface area contributed by atoms with E-state index in [4.69, 9.17) is 0 Å². The number of nitrogens with zero attached hydrogens (tertiary/aromatic N) is 4. The maximum absolute atomic E-state index is 11.7. The van der Waals surface area contributed by atoms with Gasteiger partial charge in [0, 0.05) is 12.6 Å². The Hall–Kier alpha value is -2.71. The lowest BCUT2D eigenvalue weighted by Gasteiger charge is -2.18. The average Bonchev–Trinajstić information content (AvgIpc) is 2.79. The fourth-order valence-corrected chi connectivity index (χ4v) is 2.07. The van der Waals surface area contributed by atoms with E-state index in [9.17, 15) is 25.0 Å². The Bertz CT molecular complexity index is 588. The minimum absolute atomic E-state index is 0.0342. The highest BCUT2D eigenvalue weighted by Crippen LogP contribution is 2.33. The summed E-state index contributed by atoms with van der Waals surface area (Å²) in [6, 6.07) is 3.42. The molecule has 0 bridgehead atoms. The summed E-state index contributed by atoms with van der Waals surface area (Å²) < 4.78 is 0. The second kappa shape index (κ2) is 5.11. The van der Waals surface area contributed by atoms with Gasteiger partial charge < -0.3 is 9.80 Å². The minimum atomic E-state index is -0.690. The quantitative estimate of drug-likeness (QED) is 0.604. The fraction of sp³-hybridized carbons (Fsp3) is 0.364. The Morgan fingerprint density at radius 1 is 1.25 bits per heavy atom. The van der Waals surface area contributed by atoms with Crippen LogP contribution >= 0.6 is 0 Å². The highest BCUT2D eigenvalue weighted by Gasteiger charge is 2.31. The summed E-state index contributed by atoms with van der Waals surface area (Å²) in [5, 5.41) is 21.7. The maximum Gasteiger partial charge on any atom is 0.299 e. The molecule has 0 atom stereocenters. The zero-order valence-electron chi connectivity index (χ0n) is 10.7. The molecule has 0 aliphatic carbocycles. The molecule has 1 aromatic carbocycles. The van der Waals surface area contributed by atoms with Crippen LogP contribution in [0.15, 0.2) is 18.2 Å². The van der Waals surface area contributed by atoms with E-state index >= 15 is 0 Å². The van der Waals surface area contributed by atoms with Crippen molar-refractivity contribution in [3.63, 3.8) is 0 Å². The fourth-order valence-electron chi connectivity index (χ4n) is 2.07. The molecule has 0 N–H and O–H groups in total. The molecule has 2 rings (SSSR count). The Kier molecular flexibility index (Phi) is 3.51. The second-order valence-corrected chi connectivity index (χ2v) is 4.28. The van der Waals surface area contributed by atoms with E-state index in [0.29, 0.717) is 6.54 Å². The average molecular weight is 280 g/mol.